The lowest BCUT2D eigenvalue weighted by Crippen LogP contribution is -2.46. The highest BCUT2D eigenvalue weighted by Crippen LogP contribution is 2.46. The number of halogens is 1. The summed E-state index contributed by atoms with van der Waals surface area (Å²) in [6.07, 6.45) is 1.14. The normalized spacial score (nSPS) is 20.4. The summed E-state index contributed by atoms with van der Waals surface area (Å²) in [5, 5.41) is 0. The Morgan fingerprint density at radius 1 is 1.35 bits per heavy atom. The fourth-order valence-electron chi connectivity index (χ4n) is 3.19. The molecule has 1 aliphatic heterocycles. The Balaban J connectivity index is 2.19. The van der Waals surface area contributed by atoms with Crippen LogP contribution >= 0.6 is 0 Å². The summed E-state index contributed by atoms with van der Waals surface area (Å²) >= 11 is 0. The first-order valence-electron chi connectivity index (χ1n) is 6.87. The van der Waals surface area contributed by atoms with Gasteiger partial charge in [-0.2, -0.15) is 0 Å². The maximum atomic E-state index is 14.0. The second-order valence-electron chi connectivity index (χ2n) is 6.58. The van der Waals surface area contributed by atoms with Gasteiger partial charge in [-0.15, -0.1) is 0 Å². The number of nitrogens with one attached hydrogen (secondary N) is 1. The summed E-state index contributed by atoms with van der Waals surface area (Å²) in [6.45, 7) is 4.94. The van der Waals surface area contributed by atoms with Crippen LogP contribution in [0.25, 0.3) is 0 Å². The maximum Gasteiger partial charge on any atom is 0.208 e. The van der Waals surface area contributed by atoms with Gasteiger partial charge in [-0.3, -0.25) is 0 Å². The standard InChI is InChI=1S/C14H22FNO2SSi/c1-19(17,18)16-8-13(11-9-20(2,3)10-11)12-6-4-5-7-14(12)15/h4-7,11,13,16H,8-10H2,1-3H3/t13-/m0/s1. The van der Waals surface area contributed by atoms with Crippen LogP contribution in [0.15, 0.2) is 24.3 Å². The average molecular weight is 315 g/mol. The summed E-state index contributed by atoms with van der Waals surface area (Å²) < 4.78 is 39.2. The summed E-state index contributed by atoms with van der Waals surface area (Å²) in [4.78, 5) is 0. The van der Waals surface area contributed by atoms with Gasteiger partial charge in [0.15, 0.2) is 0 Å². The van der Waals surface area contributed by atoms with Crippen LogP contribution in [0.3, 0.4) is 0 Å². The molecule has 0 aliphatic carbocycles. The topological polar surface area (TPSA) is 46.2 Å². The highest BCUT2D eigenvalue weighted by molar-refractivity contribution is 7.88. The first-order valence-corrected chi connectivity index (χ1v) is 12.2. The fourth-order valence-corrected chi connectivity index (χ4v) is 6.96. The predicted molar refractivity (Wildman–Crippen MR) is 82.6 cm³/mol. The minimum absolute atomic E-state index is 0.0635. The van der Waals surface area contributed by atoms with Gasteiger partial charge in [-0.25, -0.2) is 17.5 Å². The lowest BCUT2D eigenvalue weighted by molar-refractivity contribution is 0.427. The molecule has 1 N–H and O–H groups in total. The zero-order chi connectivity index (χ0) is 15.0. The molecule has 1 aromatic rings. The molecule has 0 amide bonds. The van der Waals surface area contributed by atoms with Gasteiger partial charge in [0.25, 0.3) is 0 Å². The molecule has 0 saturated carbocycles. The minimum Gasteiger partial charge on any atom is -0.215 e. The smallest absolute Gasteiger partial charge is 0.208 e. The third-order valence-corrected chi connectivity index (χ3v) is 8.02. The number of benzene rings is 1. The van der Waals surface area contributed by atoms with Crippen LogP contribution in [0, 0.1) is 11.7 Å². The molecule has 1 aliphatic rings. The van der Waals surface area contributed by atoms with Crippen molar-refractivity contribution in [2.75, 3.05) is 12.8 Å². The summed E-state index contributed by atoms with van der Waals surface area (Å²) in [5.74, 6) is 0.0911. The van der Waals surface area contributed by atoms with Crippen LogP contribution < -0.4 is 4.72 Å². The molecule has 0 unspecified atom stereocenters. The van der Waals surface area contributed by atoms with Crippen molar-refractivity contribution < 1.29 is 12.8 Å². The van der Waals surface area contributed by atoms with Gasteiger partial charge < -0.3 is 0 Å². The second kappa shape index (κ2) is 5.58. The quantitative estimate of drug-likeness (QED) is 0.849. The van der Waals surface area contributed by atoms with Gasteiger partial charge in [-0.1, -0.05) is 43.4 Å². The monoisotopic (exact) mass is 315 g/mol. The molecule has 0 radical (unpaired) electrons. The van der Waals surface area contributed by atoms with E-state index in [1.54, 1.807) is 12.1 Å². The Kier molecular flexibility index (Phi) is 4.37. The molecule has 3 nitrogen and oxygen atoms in total. The van der Waals surface area contributed by atoms with Gasteiger partial charge in [0.1, 0.15) is 5.82 Å². The van der Waals surface area contributed by atoms with Crippen LogP contribution in [0.5, 0.6) is 0 Å². The molecule has 20 heavy (non-hydrogen) atoms. The van der Waals surface area contributed by atoms with E-state index in [-0.39, 0.29) is 18.3 Å². The van der Waals surface area contributed by atoms with E-state index < -0.39 is 18.1 Å². The summed E-state index contributed by atoms with van der Waals surface area (Å²) in [6, 6.07) is 8.97. The molecule has 2 rings (SSSR count). The molecule has 6 heteroatoms. The second-order valence-corrected chi connectivity index (χ2v) is 13.6. The third-order valence-electron chi connectivity index (χ3n) is 4.07. The van der Waals surface area contributed by atoms with Crippen molar-refractivity contribution in [1.82, 2.24) is 4.72 Å². The highest BCUT2D eigenvalue weighted by atomic mass is 32.2. The van der Waals surface area contributed by atoms with Crippen LogP contribution in [0.1, 0.15) is 11.5 Å². The van der Waals surface area contributed by atoms with E-state index in [1.165, 1.54) is 6.07 Å². The van der Waals surface area contributed by atoms with Crippen molar-refractivity contribution in [3.8, 4) is 0 Å². The first kappa shape index (κ1) is 15.7. The average Bonchev–Trinajstić information content (AvgIpc) is 2.27. The number of rotatable bonds is 5. The van der Waals surface area contributed by atoms with Crippen molar-refractivity contribution in [1.29, 1.82) is 0 Å². The predicted octanol–water partition coefficient (Wildman–Crippen LogP) is 2.80. The van der Waals surface area contributed by atoms with Crippen molar-refractivity contribution in [2.24, 2.45) is 5.92 Å². The van der Waals surface area contributed by atoms with Gasteiger partial charge in [0.2, 0.25) is 10.0 Å². The van der Waals surface area contributed by atoms with E-state index in [0.29, 0.717) is 11.5 Å². The Bertz CT molecular complexity index is 581. The molecule has 1 saturated heterocycles. The Morgan fingerprint density at radius 3 is 2.45 bits per heavy atom. The molecular weight excluding hydrogens is 293 g/mol. The molecule has 1 heterocycles. The largest absolute Gasteiger partial charge is 0.215 e. The van der Waals surface area contributed by atoms with E-state index in [2.05, 4.69) is 17.8 Å². The van der Waals surface area contributed by atoms with Gasteiger partial charge in [0, 0.05) is 20.5 Å². The molecule has 112 valence electrons. The van der Waals surface area contributed by atoms with E-state index in [9.17, 15) is 12.8 Å². The van der Waals surface area contributed by atoms with Gasteiger partial charge in [0.05, 0.1) is 6.26 Å². The van der Waals surface area contributed by atoms with E-state index in [4.69, 9.17) is 0 Å². The molecule has 0 aromatic heterocycles. The minimum atomic E-state index is -3.25. The van der Waals surface area contributed by atoms with Crippen LogP contribution in [-0.2, 0) is 10.0 Å². The summed E-state index contributed by atoms with van der Waals surface area (Å²) in [7, 11) is -4.35. The van der Waals surface area contributed by atoms with E-state index in [1.807, 2.05) is 6.07 Å². The van der Waals surface area contributed by atoms with Crippen molar-refractivity contribution in [3.05, 3.63) is 35.6 Å². The Morgan fingerprint density at radius 2 is 1.95 bits per heavy atom. The summed E-state index contributed by atoms with van der Waals surface area (Å²) in [5.41, 5.74) is 0.637. The molecule has 1 aromatic carbocycles. The number of hydrogen-bond acceptors (Lipinski definition) is 2. The maximum absolute atomic E-state index is 14.0. The number of hydrogen-bond donors (Lipinski definition) is 1. The van der Waals surface area contributed by atoms with Crippen LogP contribution in [-0.4, -0.2) is 29.3 Å². The van der Waals surface area contributed by atoms with Crippen molar-refractivity contribution >= 4 is 18.1 Å². The first-order chi connectivity index (χ1) is 9.18. The zero-order valence-electron chi connectivity index (χ0n) is 12.2. The lowest BCUT2D eigenvalue weighted by atomic mass is 9.87. The Hall–Kier alpha value is -0.723. The molecule has 1 atom stereocenters. The molecule has 0 bridgehead atoms. The van der Waals surface area contributed by atoms with Crippen LogP contribution in [0.2, 0.25) is 25.2 Å². The fraction of sp³-hybridized carbons (Fsp3) is 0.571. The third kappa shape index (κ3) is 3.90. The Labute approximate surface area is 121 Å². The molecule has 0 spiro atoms. The lowest BCUT2D eigenvalue weighted by Gasteiger charge is -2.45. The van der Waals surface area contributed by atoms with Crippen molar-refractivity contribution in [3.63, 3.8) is 0 Å². The van der Waals surface area contributed by atoms with Gasteiger partial charge in [-0.05, 0) is 17.5 Å². The van der Waals surface area contributed by atoms with Crippen LogP contribution in [0.4, 0.5) is 4.39 Å². The number of sulfonamides is 1. The van der Waals surface area contributed by atoms with Gasteiger partial charge >= 0.3 is 0 Å². The molecule has 1 fully saturated rings. The zero-order valence-corrected chi connectivity index (χ0v) is 14.0. The van der Waals surface area contributed by atoms with E-state index >= 15 is 0 Å². The van der Waals surface area contributed by atoms with E-state index in [0.717, 1.165) is 18.3 Å². The molecular formula is C14H22FNO2SSi. The van der Waals surface area contributed by atoms with Crippen molar-refractivity contribution in [2.45, 2.75) is 31.1 Å². The SMILES string of the molecule is C[Si]1(C)CC([C@H](CNS(C)(=O)=O)c2ccccc2F)C1. The highest BCUT2D eigenvalue weighted by Gasteiger charge is 2.42.